The minimum absolute atomic E-state index is 0.00367. The lowest BCUT2D eigenvalue weighted by molar-refractivity contribution is 0.371. The number of aromatic nitrogens is 3. The van der Waals surface area contributed by atoms with Crippen molar-refractivity contribution >= 4 is 0 Å². The lowest BCUT2D eigenvalue weighted by Gasteiger charge is -1.99. The largest absolute Gasteiger partial charge is 0.346 e. The van der Waals surface area contributed by atoms with Gasteiger partial charge in [0.05, 0.1) is 6.54 Å². The molecule has 0 bridgehead atoms. The summed E-state index contributed by atoms with van der Waals surface area (Å²) < 4.78 is 6.90. The Morgan fingerprint density at radius 2 is 2.12 bits per heavy atom. The number of rotatable bonds is 4. The number of hydrogen-bond donors (Lipinski definition) is 0. The molecule has 0 aliphatic carbocycles. The maximum atomic E-state index is 10.9. The molecule has 0 aliphatic rings. The molecule has 5 nitrogen and oxygen atoms in total. The molecule has 5 heteroatoms. The summed E-state index contributed by atoms with van der Waals surface area (Å²) in [5, 5.41) is 3.87. The molecule has 0 saturated carbocycles. The van der Waals surface area contributed by atoms with Crippen molar-refractivity contribution in [1.82, 2.24) is 14.7 Å². The summed E-state index contributed by atoms with van der Waals surface area (Å²) in [6.07, 6.45) is 5.20. The fourth-order valence-electron chi connectivity index (χ4n) is 1.38. The highest BCUT2D eigenvalue weighted by Crippen LogP contribution is 2.02. The first-order valence-electron chi connectivity index (χ1n) is 5.25. The van der Waals surface area contributed by atoms with Crippen LogP contribution in [0.25, 0.3) is 0 Å². The Balaban J connectivity index is 2.08. The highest BCUT2D eigenvalue weighted by atomic mass is 16.5. The first-order valence-corrected chi connectivity index (χ1v) is 5.25. The zero-order valence-corrected chi connectivity index (χ0v) is 9.09. The maximum absolute atomic E-state index is 10.9. The average molecular weight is 219 g/mol. The Morgan fingerprint density at radius 3 is 2.81 bits per heavy atom. The Kier molecular flexibility index (Phi) is 3.14. The Labute approximate surface area is 92.7 Å². The minimum Gasteiger partial charge on any atom is -0.346 e. The summed E-state index contributed by atoms with van der Waals surface area (Å²) >= 11 is 0. The number of nitrogens with zero attached hydrogens (tertiary/aromatic N) is 3. The molecule has 0 atom stereocenters. The summed E-state index contributed by atoms with van der Waals surface area (Å²) in [5.74, 6) is 1.30. The van der Waals surface area contributed by atoms with Crippen molar-refractivity contribution in [2.75, 3.05) is 0 Å². The van der Waals surface area contributed by atoms with Crippen molar-refractivity contribution in [1.29, 1.82) is 0 Å². The second-order valence-corrected chi connectivity index (χ2v) is 3.56. The third-order valence-corrected chi connectivity index (χ3v) is 2.16. The van der Waals surface area contributed by atoms with Crippen LogP contribution in [0.15, 0.2) is 33.8 Å². The van der Waals surface area contributed by atoms with Gasteiger partial charge in [0.15, 0.2) is 11.3 Å². The van der Waals surface area contributed by atoms with Gasteiger partial charge in [0.1, 0.15) is 0 Å². The van der Waals surface area contributed by atoms with Crippen LogP contribution < -0.4 is 5.43 Å². The van der Waals surface area contributed by atoms with Crippen molar-refractivity contribution in [3.05, 3.63) is 46.5 Å². The van der Waals surface area contributed by atoms with Crippen molar-refractivity contribution in [2.45, 2.75) is 26.3 Å². The van der Waals surface area contributed by atoms with Crippen LogP contribution in [-0.2, 0) is 13.0 Å². The Hall–Kier alpha value is -1.91. The maximum Gasteiger partial charge on any atom is 0.226 e. The van der Waals surface area contributed by atoms with E-state index in [1.54, 1.807) is 12.4 Å². The van der Waals surface area contributed by atoms with E-state index < -0.39 is 0 Å². The van der Waals surface area contributed by atoms with E-state index in [0.717, 1.165) is 12.8 Å². The topological polar surface area (TPSA) is 60.9 Å². The second-order valence-electron chi connectivity index (χ2n) is 3.56. The van der Waals surface area contributed by atoms with E-state index in [0.29, 0.717) is 18.3 Å². The normalized spacial score (nSPS) is 10.6. The van der Waals surface area contributed by atoms with Crippen molar-refractivity contribution < 1.29 is 4.52 Å². The van der Waals surface area contributed by atoms with Gasteiger partial charge >= 0.3 is 0 Å². The molecule has 2 aromatic rings. The van der Waals surface area contributed by atoms with Gasteiger partial charge in [-0.2, -0.15) is 4.98 Å². The van der Waals surface area contributed by atoms with Gasteiger partial charge in [0.2, 0.25) is 5.89 Å². The predicted octanol–water partition coefficient (Wildman–Crippen LogP) is 1.23. The van der Waals surface area contributed by atoms with Crippen LogP contribution in [0.1, 0.15) is 25.1 Å². The summed E-state index contributed by atoms with van der Waals surface area (Å²) in [6, 6.07) is 3.01. The Bertz CT molecular complexity index is 495. The fourth-order valence-corrected chi connectivity index (χ4v) is 1.38. The number of pyridine rings is 1. The molecule has 16 heavy (non-hydrogen) atoms. The van der Waals surface area contributed by atoms with E-state index in [2.05, 4.69) is 17.1 Å². The Morgan fingerprint density at radius 1 is 1.38 bits per heavy atom. The molecule has 0 aliphatic heterocycles. The summed E-state index contributed by atoms with van der Waals surface area (Å²) in [5.41, 5.74) is -0.00367. The zero-order chi connectivity index (χ0) is 11.4. The van der Waals surface area contributed by atoms with Gasteiger partial charge < -0.3 is 9.09 Å². The van der Waals surface area contributed by atoms with E-state index in [9.17, 15) is 4.79 Å². The molecule has 0 radical (unpaired) electrons. The summed E-state index contributed by atoms with van der Waals surface area (Å²) in [7, 11) is 0. The summed E-state index contributed by atoms with van der Waals surface area (Å²) in [4.78, 5) is 15.1. The van der Waals surface area contributed by atoms with Crippen LogP contribution in [0.3, 0.4) is 0 Å². The van der Waals surface area contributed by atoms with Crippen molar-refractivity contribution in [2.24, 2.45) is 0 Å². The van der Waals surface area contributed by atoms with Crippen molar-refractivity contribution in [3.8, 4) is 0 Å². The average Bonchev–Trinajstić information content (AvgIpc) is 2.70. The van der Waals surface area contributed by atoms with E-state index in [-0.39, 0.29) is 5.43 Å². The van der Waals surface area contributed by atoms with Crippen LogP contribution in [0.5, 0.6) is 0 Å². The van der Waals surface area contributed by atoms with Crippen LogP contribution in [-0.4, -0.2) is 14.7 Å². The van der Waals surface area contributed by atoms with Crippen LogP contribution in [0, 0.1) is 0 Å². The summed E-state index contributed by atoms with van der Waals surface area (Å²) in [6.45, 7) is 2.58. The first-order chi connectivity index (χ1) is 7.78. The van der Waals surface area contributed by atoms with Crippen LogP contribution in [0.2, 0.25) is 0 Å². The van der Waals surface area contributed by atoms with E-state index in [4.69, 9.17) is 4.52 Å². The minimum atomic E-state index is -0.00367. The molecule has 0 N–H and O–H groups in total. The highest BCUT2D eigenvalue weighted by molar-refractivity contribution is 4.96. The predicted molar refractivity (Wildman–Crippen MR) is 58.1 cm³/mol. The quantitative estimate of drug-likeness (QED) is 0.776. The number of aryl methyl sites for hydroxylation is 1. The first kappa shape index (κ1) is 10.6. The lowest BCUT2D eigenvalue weighted by atomic mass is 10.3. The third-order valence-electron chi connectivity index (χ3n) is 2.16. The van der Waals surface area contributed by atoms with Crippen LogP contribution >= 0.6 is 0 Å². The van der Waals surface area contributed by atoms with E-state index >= 15 is 0 Å². The fraction of sp³-hybridized carbons (Fsp3) is 0.364. The molecule has 0 unspecified atom stereocenters. The van der Waals surface area contributed by atoms with Gasteiger partial charge in [0.25, 0.3) is 0 Å². The molecule has 0 amide bonds. The molecular formula is C11H13N3O2. The molecule has 84 valence electrons. The SMILES string of the molecule is CCCc1nc(Cn2ccc(=O)cc2)no1. The van der Waals surface area contributed by atoms with E-state index in [1.165, 1.54) is 12.1 Å². The van der Waals surface area contributed by atoms with Gasteiger partial charge in [0, 0.05) is 30.9 Å². The molecule has 0 saturated heterocycles. The van der Waals surface area contributed by atoms with Gasteiger partial charge in [-0.25, -0.2) is 0 Å². The van der Waals surface area contributed by atoms with Gasteiger partial charge in [-0.15, -0.1) is 0 Å². The zero-order valence-electron chi connectivity index (χ0n) is 9.09. The van der Waals surface area contributed by atoms with E-state index in [1.807, 2.05) is 4.57 Å². The highest BCUT2D eigenvalue weighted by Gasteiger charge is 2.04. The second kappa shape index (κ2) is 4.74. The lowest BCUT2D eigenvalue weighted by Crippen LogP contribution is -2.05. The smallest absolute Gasteiger partial charge is 0.226 e. The van der Waals surface area contributed by atoms with Gasteiger partial charge in [-0.1, -0.05) is 12.1 Å². The monoisotopic (exact) mass is 219 g/mol. The standard InChI is InChI=1S/C11H13N3O2/c1-2-3-11-12-10(13-16-11)8-14-6-4-9(15)5-7-14/h4-7H,2-3,8H2,1H3. The van der Waals surface area contributed by atoms with Gasteiger partial charge in [-0.05, 0) is 6.42 Å². The van der Waals surface area contributed by atoms with Crippen LogP contribution in [0.4, 0.5) is 0 Å². The van der Waals surface area contributed by atoms with Gasteiger partial charge in [-0.3, -0.25) is 4.79 Å². The molecule has 0 fully saturated rings. The van der Waals surface area contributed by atoms with Crippen molar-refractivity contribution in [3.63, 3.8) is 0 Å². The molecule has 0 spiro atoms. The molecular weight excluding hydrogens is 206 g/mol. The third kappa shape index (κ3) is 2.56. The molecule has 2 aromatic heterocycles. The molecule has 0 aromatic carbocycles. The molecule has 2 heterocycles. The number of hydrogen-bond acceptors (Lipinski definition) is 4. The molecule has 2 rings (SSSR count).